The molecule has 1 N–H and O–H groups in total. The molecular formula is C12H14F3N3O. The van der Waals surface area contributed by atoms with Crippen LogP contribution in [0.1, 0.15) is 18.9 Å². The van der Waals surface area contributed by atoms with Crippen molar-refractivity contribution in [1.82, 2.24) is 10.3 Å². The molecule has 0 bridgehead atoms. The number of anilines is 1. The minimum Gasteiger partial charge on any atom is -0.304 e. The molecule has 0 saturated carbocycles. The van der Waals surface area contributed by atoms with Gasteiger partial charge in [-0.25, -0.2) is 4.98 Å². The summed E-state index contributed by atoms with van der Waals surface area (Å²) in [5.41, 5.74) is -0.814. The summed E-state index contributed by atoms with van der Waals surface area (Å²) in [4.78, 5) is 17.2. The Morgan fingerprint density at radius 1 is 1.47 bits per heavy atom. The predicted molar refractivity (Wildman–Crippen MR) is 63.7 cm³/mol. The molecule has 2 heterocycles. The van der Waals surface area contributed by atoms with Crippen LogP contribution in [0.5, 0.6) is 0 Å². The number of hydrogen-bond donors (Lipinski definition) is 1. The number of aromatic nitrogens is 1. The van der Waals surface area contributed by atoms with Crippen LogP contribution in [0.15, 0.2) is 18.3 Å². The number of pyridine rings is 1. The monoisotopic (exact) mass is 273 g/mol. The molecular weight excluding hydrogens is 259 g/mol. The Bertz CT molecular complexity index is 458. The summed E-state index contributed by atoms with van der Waals surface area (Å²) in [5.74, 6) is 0.110. The first-order chi connectivity index (χ1) is 8.93. The quantitative estimate of drug-likeness (QED) is 0.894. The lowest BCUT2D eigenvalue weighted by atomic mass is 10.1. The summed E-state index contributed by atoms with van der Waals surface area (Å²) < 4.78 is 37.3. The molecule has 1 aromatic rings. The number of carbonyl (C=O) groups excluding carboxylic acids is 1. The van der Waals surface area contributed by atoms with Crippen LogP contribution in [0.2, 0.25) is 0 Å². The molecule has 1 fully saturated rings. The Balaban J connectivity index is 2.20. The lowest BCUT2D eigenvalue weighted by molar-refractivity contribution is -0.137. The maximum atomic E-state index is 12.4. The number of alkyl halides is 3. The van der Waals surface area contributed by atoms with Gasteiger partial charge in [0.05, 0.1) is 11.6 Å². The maximum absolute atomic E-state index is 12.4. The highest BCUT2D eigenvalue weighted by Crippen LogP contribution is 2.29. The summed E-state index contributed by atoms with van der Waals surface area (Å²) in [6, 6.07) is 1.88. The average molecular weight is 273 g/mol. The van der Waals surface area contributed by atoms with Crippen LogP contribution in [0.25, 0.3) is 0 Å². The number of amides is 1. The number of hydrogen-bond acceptors (Lipinski definition) is 3. The van der Waals surface area contributed by atoms with Crippen molar-refractivity contribution >= 4 is 11.7 Å². The fourth-order valence-corrected chi connectivity index (χ4v) is 2.00. The van der Waals surface area contributed by atoms with Crippen LogP contribution < -0.4 is 10.2 Å². The van der Waals surface area contributed by atoms with Crippen molar-refractivity contribution in [3.05, 3.63) is 23.9 Å². The second-order valence-electron chi connectivity index (χ2n) is 4.31. The second-order valence-corrected chi connectivity index (χ2v) is 4.31. The van der Waals surface area contributed by atoms with Crippen LogP contribution in [-0.4, -0.2) is 30.0 Å². The number of halogens is 3. The number of nitrogens with zero attached hydrogens (tertiary/aromatic N) is 2. The topological polar surface area (TPSA) is 45.2 Å². The first-order valence-corrected chi connectivity index (χ1v) is 6.01. The molecule has 0 spiro atoms. The minimum absolute atomic E-state index is 0.152. The molecule has 1 saturated heterocycles. The van der Waals surface area contributed by atoms with Gasteiger partial charge in [0.2, 0.25) is 5.91 Å². The molecule has 2 rings (SSSR count). The summed E-state index contributed by atoms with van der Waals surface area (Å²) in [5, 5.41) is 3.05. The van der Waals surface area contributed by atoms with Gasteiger partial charge < -0.3 is 5.32 Å². The van der Waals surface area contributed by atoms with E-state index in [9.17, 15) is 18.0 Å². The van der Waals surface area contributed by atoms with Crippen molar-refractivity contribution in [3.63, 3.8) is 0 Å². The van der Waals surface area contributed by atoms with Gasteiger partial charge in [-0.05, 0) is 18.6 Å². The largest absolute Gasteiger partial charge is 0.417 e. The van der Waals surface area contributed by atoms with Gasteiger partial charge in [-0.15, -0.1) is 0 Å². The lowest BCUT2D eigenvalue weighted by Gasteiger charge is -2.32. The first kappa shape index (κ1) is 13.8. The van der Waals surface area contributed by atoms with Gasteiger partial charge in [-0.1, -0.05) is 6.92 Å². The second kappa shape index (κ2) is 5.16. The van der Waals surface area contributed by atoms with Crippen molar-refractivity contribution in [2.45, 2.75) is 25.6 Å². The van der Waals surface area contributed by atoms with Gasteiger partial charge in [0, 0.05) is 19.3 Å². The molecule has 1 amide bonds. The van der Waals surface area contributed by atoms with E-state index in [1.807, 2.05) is 6.92 Å². The van der Waals surface area contributed by atoms with Crippen molar-refractivity contribution in [2.24, 2.45) is 0 Å². The third-order valence-corrected chi connectivity index (χ3v) is 3.05. The molecule has 19 heavy (non-hydrogen) atoms. The number of rotatable bonds is 2. The normalized spacial score (nSPS) is 20.7. The zero-order valence-electron chi connectivity index (χ0n) is 10.4. The summed E-state index contributed by atoms with van der Waals surface area (Å²) in [6.45, 7) is 2.89. The van der Waals surface area contributed by atoms with Crippen molar-refractivity contribution in [1.29, 1.82) is 0 Å². The lowest BCUT2D eigenvalue weighted by Crippen LogP contribution is -2.55. The Morgan fingerprint density at radius 3 is 2.74 bits per heavy atom. The molecule has 1 aromatic heterocycles. The van der Waals surface area contributed by atoms with E-state index in [-0.39, 0.29) is 17.8 Å². The average Bonchev–Trinajstić information content (AvgIpc) is 2.38. The smallest absolute Gasteiger partial charge is 0.304 e. The third kappa shape index (κ3) is 2.86. The van der Waals surface area contributed by atoms with E-state index in [0.717, 1.165) is 12.3 Å². The molecule has 104 valence electrons. The van der Waals surface area contributed by atoms with Gasteiger partial charge >= 0.3 is 6.18 Å². The van der Waals surface area contributed by atoms with Gasteiger partial charge in [-0.3, -0.25) is 9.69 Å². The third-order valence-electron chi connectivity index (χ3n) is 3.05. The van der Waals surface area contributed by atoms with Gasteiger partial charge in [0.25, 0.3) is 0 Å². The highest BCUT2D eigenvalue weighted by molar-refractivity contribution is 5.97. The van der Waals surface area contributed by atoms with Crippen LogP contribution in [-0.2, 0) is 11.0 Å². The number of nitrogens with one attached hydrogen (secondary N) is 1. The van der Waals surface area contributed by atoms with Gasteiger partial charge in [0.1, 0.15) is 5.82 Å². The number of carbonyl (C=O) groups is 1. The SMILES string of the molecule is CCC1NCCN(c2ccc(C(F)(F)F)cn2)C1=O. The standard InChI is InChI=1S/C12H14F3N3O/c1-2-9-11(19)18(6-5-16-9)10-4-3-8(7-17-10)12(13,14)15/h3-4,7,9,16H,2,5-6H2,1H3. The maximum Gasteiger partial charge on any atom is 0.417 e. The Kier molecular flexibility index (Phi) is 3.75. The fourth-order valence-electron chi connectivity index (χ4n) is 2.00. The van der Waals surface area contributed by atoms with E-state index in [2.05, 4.69) is 10.3 Å². The van der Waals surface area contributed by atoms with E-state index >= 15 is 0 Å². The highest BCUT2D eigenvalue weighted by atomic mass is 19.4. The summed E-state index contributed by atoms with van der Waals surface area (Å²) in [7, 11) is 0. The molecule has 1 unspecified atom stereocenters. The van der Waals surface area contributed by atoms with E-state index in [1.54, 1.807) is 0 Å². The van der Waals surface area contributed by atoms with Crippen molar-refractivity contribution in [3.8, 4) is 0 Å². The van der Waals surface area contributed by atoms with Crippen LogP contribution >= 0.6 is 0 Å². The molecule has 1 aliphatic heterocycles. The zero-order valence-corrected chi connectivity index (χ0v) is 10.4. The van der Waals surface area contributed by atoms with Gasteiger partial charge in [-0.2, -0.15) is 13.2 Å². The molecule has 0 aromatic carbocycles. The van der Waals surface area contributed by atoms with Crippen molar-refractivity contribution in [2.75, 3.05) is 18.0 Å². The Hall–Kier alpha value is -1.63. The molecule has 0 aliphatic carbocycles. The number of piperazine rings is 1. The summed E-state index contributed by atoms with van der Waals surface area (Å²) >= 11 is 0. The molecule has 7 heteroatoms. The Labute approximate surface area is 108 Å². The van der Waals surface area contributed by atoms with Crippen molar-refractivity contribution < 1.29 is 18.0 Å². The molecule has 1 aliphatic rings. The highest BCUT2D eigenvalue weighted by Gasteiger charge is 2.32. The Morgan fingerprint density at radius 2 is 2.21 bits per heavy atom. The molecule has 0 radical (unpaired) electrons. The minimum atomic E-state index is -4.41. The van der Waals surface area contributed by atoms with Crippen LogP contribution in [0.3, 0.4) is 0 Å². The first-order valence-electron chi connectivity index (χ1n) is 6.01. The van der Waals surface area contributed by atoms with E-state index in [0.29, 0.717) is 19.5 Å². The zero-order chi connectivity index (χ0) is 14.0. The van der Waals surface area contributed by atoms with E-state index in [1.165, 1.54) is 11.0 Å². The van der Waals surface area contributed by atoms with E-state index < -0.39 is 11.7 Å². The summed E-state index contributed by atoms with van der Waals surface area (Å²) in [6.07, 6.45) is -3.02. The van der Waals surface area contributed by atoms with Crippen LogP contribution in [0, 0.1) is 0 Å². The molecule has 1 atom stereocenters. The molecule has 4 nitrogen and oxygen atoms in total. The fraction of sp³-hybridized carbons (Fsp3) is 0.500. The van der Waals surface area contributed by atoms with E-state index in [4.69, 9.17) is 0 Å². The van der Waals surface area contributed by atoms with Crippen LogP contribution in [0.4, 0.5) is 19.0 Å². The van der Waals surface area contributed by atoms with Gasteiger partial charge in [0.15, 0.2) is 0 Å². The predicted octanol–water partition coefficient (Wildman–Crippen LogP) is 1.82.